The van der Waals surface area contributed by atoms with Crippen LogP contribution < -0.4 is 5.32 Å². The first kappa shape index (κ1) is 23.0. The van der Waals surface area contributed by atoms with Gasteiger partial charge in [0, 0.05) is 32.6 Å². The van der Waals surface area contributed by atoms with Crippen molar-refractivity contribution in [2.75, 3.05) is 39.8 Å². The lowest BCUT2D eigenvalue weighted by Gasteiger charge is -2.38. The lowest BCUT2D eigenvalue weighted by Crippen LogP contribution is -2.54. The van der Waals surface area contributed by atoms with Gasteiger partial charge in [-0.3, -0.25) is 9.69 Å². The first-order valence-electron chi connectivity index (χ1n) is 6.59. The number of hydrogen-bond donors (Lipinski definition) is 1. The van der Waals surface area contributed by atoms with Gasteiger partial charge < -0.3 is 10.2 Å². The summed E-state index contributed by atoms with van der Waals surface area (Å²) >= 11 is 0. The number of nitrogens with zero attached hydrogens (tertiary/aromatic N) is 2. The van der Waals surface area contributed by atoms with E-state index in [-0.39, 0.29) is 30.7 Å². The Morgan fingerprint density at radius 3 is 2.14 bits per heavy atom. The van der Waals surface area contributed by atoms with Crippen molar-refractivity contribution < 1.29 is 18.0 Å². The standard InChI is InChI=1S/C12H22F3N3O.2ClH/c1-10(12(13,14)15)17-6-8-18(9-7-17)11(19)4-3-5-16-2;;/h10,16H,3-9H2,1-2H3;2*1H. The van der Waals surface area contributed by atoms with Crippen molar-refractivity contribution in [3.8, 4) is 0 Å². The fourth-order valence-corrected chi connectivity index (χ4v) is 2.14. The third-order valence-corrected chi connectivity index (χ3v) is 3.51. The van der Waals surface area contributed by atoms with E-state index in [1.165, 1.54) is 11.8 Å². The van der Waals surface area contributed by atoms with Gasteiger partial charge in [-0.25, -0.2) is 0 Å². The van der Waals surface area contributed by atoms with Crippen molar-refractivity contribution >= 4 is 30.7 Å². The largest absolute Gasteiger partial charge is 0.403 e. The second-order valence-corrected chi connectivity index (χ2v) is 4.84. The summed E-state index contributed by atoms with van der Waals surface area (Å²) < 4.78 is 37.7. The van der Waals surface area contributed by atoms with E-state index in [1.54, 1.807) is 4.90 Å². The molecule has 1 saturated heterocycles. The first-order valence-corrected chi connectivity index (χ1v) is 6.59. The molecule has 0 spiro atoms. The van der Waals surface area contributed by atoms with Crippen LogP contribution in [-0.2, 0) is 4.79 Å². The van der Waals surface area contributed by atoms with Crippen LogP contribution in [-0.4, -0.2) is 67.7 Å². The quantitative estimate of drug-likeness (QED) is 0.767. The van der Waals surface area contributed by atoms with Gasteiger partial charge in [0.25, 0.3) is 0 Å². The molecule has 4 nitrogen and oxygen atoms in total. The van der Waals surface area contributed by atoms with Gasteiger partial charge in [0.15, 0.2) is 0 Å². The molecule has 0 aromatic rings. The summed E-state index contributed by atoms with van der Waals surface area (Å²) in [6.45, 7) is 3.30. The maximum absolute atomic E-state index is 12.6. The average molecular weight is 354 g/mol. The topological polar surface area (TPSA) is 35.6 Å². The third kappa shape index (κ3) is 7.54. The molecular weight excluding hydrogens is 330 g/mol. The molecule has 21 heavy (non-hydrogen) atoms. The molecule has 128 valence electrons. The van der Waals surface area contributed by atoms with Crippen molar-refractivity contribution in [2.24, 2.45) is 0 Å². The number of carbonyl (C=O) groups is 1. The molecule has 0 saturated carbocycles. The van der Waals surface area contributed by atoms with Gasteiger partial charge in [-0.15, -0.1) is 24.8 Å². The summed E-state index contributed by atoms with van der Waals surface area (Å²) in [4.78, 5) is 14.9. The number of rotatable bonds is 5. The molecule has 1 rings (SSSR count). The van der Waals surface area contributed by atoms with Gasteiger partial charge in [0.2, 0.25) is 5.91 Å². The lowest BCUT2D eigenvalue weighted by atomic mass is 10.2. The Bertz CT molecular complexity index is 298. The minimum atomic E-state index is -4.20. The monoisotopic (exact) mass is 353 g/mol. The highest BCUT2D eigenvalue weighted by atomic mass is 35.5. The van der Waals surface area contributed by atoms with E-state index >= 15 is 0 Å². The third-order valence-electron chi connectivity index (χ3n) is 3.51. The maximum atomic E-state index is 12.6. The second-order valence-electron chi connectivity index (χ2n) is 4.84. The predicted molar refractivity (Wildman–Crippen MR) is 81.3 cm³/mol. The highest BCUT2D eigenvalue weighted by molar-refractivity contribution is 5.85. The summed E-state index contributed by atoms with van der Waals surface area (Å²) in [5.41, 5.74) is 0. The van der Waals surface area contributed by atoms with E-state index in [4.69, 9.17) is 0 Å². The zero-order valence-corrected chi connectivity index (χ0v) is 13.9. The number of halogens is 5. The zero-order chi connectivity index (χ0) is 14.5. The average Bonchev–Trinajstić information content (AvgIpc) is 2.37. The molecule has 1 atom stereocenters. The van der Waals surface area contributed by atoms with Gasteiger partial charge in [-0.2, -0.15) is 13.2 Å². The van der Waals surface area contributed by atoms with Gasteiger partial charge in [0.1, 0.15) is 6.04 Å². The van der Waals surface area contributed by atoms with E-state index in [1.807, 2.05) is 7.05 Å². The fraction of sp³-hybridized carbons (Fsp3) is 0.917. The summed E-state index contributed by atoms with van der Waals surface area (Å²) in [7, 11) is 1.82. The second kappa shape index (κ2) is 10.5. The van der Waals surface area contributed by atoms with Crippen LogP contribution in [0.25, 0.3) is 0 Å². The SMILES string of the molecule is CNCCCC(=O)N1CCN(C(C)C(F)(F)F)CC1.Cl.Cl. The molecule has 0 bridgehead atoms. The van der Waals surface area contributed by atoms with Crippen LogP contribution in [0.15, 0.2) is 0 Å². The van der Waals surface area contributed by atoms with Crippen LogP contribution in [0, 0.1) is 0 Å². The van der Waals surface area contributed by atoms with Gasteiger partial charge in [-0.05, 0) is 26.9 Å². The number of alkyl halides is 3. The normalized spacial score (nSPS) is 17.7. The first-order chi connectivity index (χ1) is 8.86. The van der Waals surface area contributed by atoms with Crippen molar-refractivity contribution in [3.63, 3.8) is 0 Å². The van der Waals surface area contributed by atoms with Gasteiger partial charge in [-0.1, -0.05) is 0 Å². The molecule has 9 heteroatoms. The molecule has 0 aliphatic carbocycles. The minimum absolute atomic E-state index is 0. The van der Waals surface area contributed by atoms with Crippen LogP contribution in [0.4, 0.5) is 13.2 Å². The predicted octanol–water partition coefficient (Wildman–Crippen LogP) is 1.92. The highest BCUT2D eigenvalue weighted by Gasteiger charge is 2.41. The minimum Gasteiger partial charge on any atom is -0.340 e. The van der Waals surface area contributed by atoms with E-state index in [0.717, 1.165) is 13.0 Å². The van der Waals surface area contributed by atoms with E-state index in [2.05, 4.69) is 5.32 Å². The maximum Gasteiger partial charge on any atom is 0.403 e. The number of carbonyl (C=O) groups excluding carboxylic acids is 1. The number of hydrogen-bond acceptors (Lipinski definition) is 3. The smallest absolute Gasteiger partial charge is 0.340 e. The zero-order valence-electron chi connectivity index (χ0n) is 12.3. The highest BCUT2D eigenvalue weighted by Crippen LogP contribution is 2.25. The Kier molecular flexibility index (Phi) is 11.5. The van der Waals surface area contributed by atoms with Crippen molar-refractivity contribution in [1.29, 1.82) is 0 Å². The van der Waals surface area contributed by atoms with Crippen LogP contribution in [0.5, 0.6) is 0 Å². The van der Waals surface area contributed by atoms with Crippen LogP contribution in [0.1, 0.15) is 19.8 Å². The Balaban J connectivity index is 0. The summed E-state index contributed by atoms with van der Waals surface area (Å²) in [5.74, 6) is 0.0366. The fourth-order valence-electron chi connectivity index (χ4n) is 2.14. The van der Waals surface area contributed by atoms with Gasteiger partial charge >= 0.3 is 6.18 Å². The summed E-state index contributed by atoms with van der Waals surface area (Å²) in [6, 6.07) is -1.44. The van der Waals surface area contributed by atoms with E-state index < -0.39 is 12.2 Å². The number of piperazine rings is 1. The summed E-state index contributed by atoms with van der Waals surface area (Å²) in [5, 5.41) is 2.96. The Hall–Kier alpha value is -0.240. The Morgan fingerprint density at radius 2 is 1.71 bits per heavy atom. The van der Waals surface area contributed by atoms with E-state index in [9.17, 15) is 18.0 Å². The molecule has 1 aliphatic heterocycles. The van der Waals surface area contributed by atoms with Crippen LogP contribution >= 0.6 is 24.8 Å². The van der Waals surface area contributed by atoms with E-state index in [0.29, 0.717) is 32.6 Å². The number of nitrogens with one attached hydrogen (secondary N) is 1. The van der Waals surface area contributed by atoms with Crippen molar-refractivity contribution in [2.45, 2.75) is 32.0 Å². The lowest BCUT2D eigenvalue weighted by molar-refractivity contribution is -0.183. The van der Waals surface area contributed by atoms with Gasteiger partial charge in [0.05, 0.1) is 0 Å². The molecule has 1 amide bonds. The van der Waals surface area contributed by atoms with Crippen molar-refractivity contribution in [3.05, 3.63) is 0 Å². The molecular formula is C12H24Cl2F3N3O. The molecule has 0 aromatic carbocycles. The number of amides is 1. The van der Waals surface area contributed by atoms with Crippen LogP contribution in [0.2, 0.25) is 0 Å². The molecule has 1 fully saturated rings. The molecule has 0 aromatic heterocycles. The molecule has 1 heterocycles. The Morgan fingerprint density at radius 1 is 1.19 bits per heavy atom. The summed E-state index contributed by atoms with van der Waals surface area (Å²) in [6.07, 6.45) is -2.98. The molecule has 0 radical (unpaired) electrons. The molecule has 1 unspecified atom stereocenters. The van der Waals surface area contributed by atoms with Crippen molar-refractivity contribution in [1.82, 2.24) is 15.1 Å². The molecule has 1 aliphatic rings. The molecule has 1 N–H and O–H groups in total. The Labute approximate surface area is 136 Å². The van der Waals surface area contributed by atoms with Crippen LogP contribution in [0.3, 0.4) is 0 Å².